The third kappa shape index (κ3) is 4.69. The van der Waals surface area contributed by atoms with Crippen molar-refractivity contribution in [3.05, 3.63) is 36.5 Å². The van der Waals surface area contributed by atoms with Crippen LogP contribution in [0.4, 0.5) is 0 Å². The molecule has 0 saturated carbocycles. The van der Waals surface area contributed by atoms with Crippen LogP contribution in [0.2, 0.25) is 0 Å². The van der Waals surface area contributed by atoms with Crippen molar-refractivity contribution in [3.8, 4) is 0 Å². The van der Waals surface area contributed by atoms with Gasteiger partial charge in [-0.2, -0.15) is 0 Å². The second kappa shape index (κ2) is 6.67. The maximum atomic E-state index is 3.47. The molecule has 0 aromatic rings. The SMILES string of the molecule is C\C=C/C=C\C=C\C1CCCCN1. The third-order valence-corrected chi connectivity index (χ3v) is 2.22. The van der Waals surface area contributed by atoms with Gasteiger partial charge in [-0.1, -0.05) is 42.9 Å². The molecule has 13 heavy (non-hydrogen) atoms. The minimum absolute atomic E-state index is 0.601. The van der Waals surface area contributed by atoms with Crippen LogP contribution in [0.3, 0.4) is 0 Å². The first-order chi connectivity index (χ1) is 6.43. The van der Waals surface area contributed by atoms with E-state index in [9.17, 15) is 0 Å². The molecular formula is C12H19N. The summed E-state index contributed by atoms with van der Waals surface area (Å²) in [7, 11) is 0. The van der Waals surface area contributed by atoms with Gasteiger partial charge in [-0.25, -0.2) is 0 Å². The van der Waals surface area contributed by atoms with Gasteiger partial charge in [0.1, 0.15) is 0 Å². The van der Waals surface area contributed by atoms with Crippen LogP contribution in [0.1, 0.15) is 26.2 Å². The lowest BCUT2D eigenvalue weighted by atomic mass is 10.0. The second-order valence-corrected chi connectivity index (χ2v) is 3.35. The molecule has 0 bridgehead atoms. The predicted molar refractivity (Wildman–Crippen MR) is 58.7 cm³/mol. The summed E-state index contributed by atoms with van der Waals surface area (Å²) in [6.07, 6.45) is 16.6. The summed E-state index contributed by atoms with van der Waals surface area (Å²) in [5, 5.41) is 3.47. The van der Waals surface area contributed by atoms with E-state index in [2.05, 4.69) is 29.6 Å². The molecular weight excluding hydrogens is 158 g/mol. The standard InChI is InChI=1S/C12H19N/c1-2-3-4-5-6-9-12-10-7-8-11-13-12/h2-6,9,12-13H,7-8,10-11H2,1H3/b3-2-,5-4-,9-6+. The summed E-state index contributed by atoms with van der Waals surface area (Å²) in [6.45, 7) is 3.20. The van der Waals surface area contributed by atoms with Crippen LogP contribution in [-0.2, 0) is 0 Å². The van der Waals surface area contributed by atoms with Crippen molar-refractivity contribution >= 4 is 0 Å². The fourth-order valence-electron chi connectivity index (χ4n) is 1.48. The minimum atomic E-state index is 0.601. The molecule has 1 aliphatic heterocycles. The van der Waals surface area contributed by atoms with E-state index in [-0.39, 0.29) is 0 Å². The van der Waals surface area contributed by atoms with Crippen LogP contribution >= 0.6 is 0 Å². The maximum absolute atomic E-state index is 3.47. The number of rotatable bonds is 3. The number of allylic oxidation sites excluding steroid dienone is 5. The molecule has 72 valence electrons. The summed E-state index contributed by atoms with van der Waals surface area (Å²) in [5.74, 6) is 0. The fraction of sp³-hybridized carbons (Fsp3) is 0.500. The molecule has 1 fully saturated rings. The van der Waals surface area contributed by atoms with Gasteiger partial charge >= 0.3 is 0 Å². The Kier molecular flexibility index (Phi) is 5.27. The normalized spacial score (nSPS) is 25.2. The van der Waals surface area contributed by atoms with Crippen molar-refractivity contribution in [2.75, 3.05) is 6.54 Å². The van der Waals surface area contributed by atoms with Crippen molar-refractivity contribution in [2.45, 2.75) is 32.2 Å². The van der Waals surface area contributed by atoms with Gasteiger partial charge in [0, 0.05) is 6.04 Å². The molecule has 1 unspecified atom stereocenters. The molecule has 1 nitrogen and oxygen atoms in total. The quantitative estimate of drug-likeness (QED) is 0.654. The van der Waals surface area contributed by atoms with E-state index < -0.39 is 0 Å². The van der Waals surface area contributed by atoms with Gasteiger partial charge in [-0.05, 0) is 26.3 Å². The molecule has 0 amide bonds. The highest BCUT2D eigenvalue weighted by molar-refractivity contribution is 5.12. The predicted octanol–water partition coefficient (Wildman–Crippen LogP) is 2.82. The molecule has 0 spiro atoms. The Morgan fingerprint density at radius 2 is 1.92 bits per heavy atom. The smallest absolute Gasteiger partial charge is 0.0253 e. The summed E-state index contributed by atoms with van der Waals surface area (Å²) >= 11 is 0. The largest absolute Gasteiger partial charge is 0.311 e. The third-order valence-electron chi connectivity index (χ3n) is 2.22. The van der Waals surface area contributed by atoms with E-state index >= 15 is 0 Å². The van der Waals surface area contributed by atoms with Gasteiger partial charge in [0.2, 0.25) is 0 Å². The Hall–Kier alpha value is -0.820. The van der Waals surface area contributed by atoms with Crippen LogP contribution in [-0.4, -0.2) is 12.6 Å². The van der Waals surface area contributed by atoms with E-state index in [4.69, 9.17) is 0 Å². The number of piperidine rings is 1. The van der Waals surface area contributed by atoms with Crippen molar-refractivity contribution in [2.24, 2.45) is 0 Å². The number of hydrogen-bond donors (Lipinski definition) is 1. The lowest BCUT2D eigenvalue weighted by molar-refractivity contribution is 0.454. The van der Waals surface area contributed by atoms with Crippen LogP contribution in [0.5, 0.6) is 0 Å². The van der Waals surface area contributed by atoms with Crippen LogP contribution in [0.25, 0.3) is 0 Å². The molecule has 1 aliphatic rings. The van der Waals surface area contributed by atoms with Crippen molar-refractivity contribution in [3.63, 3.8) is 0 Å². The first-order valence-electron chi connectivity index (χ1n) is 5.13. The molecule has 1 heterocycles. The Morgan fingerprint density at radius 3 is 2.62 bits per heavy atom. The highest BCUT2D eigenvalue weighted by Crippen LogP contribution is 2.07. The molecule has 1 rings (SSSR count). The number of hydrogen-bond acceptors (Lipinski definition) is 1. The Bertz CT molecular complexity index is 195. The van der Waals surface area contributed by atoms with Gasteiger partial charge in [0.05, 0.1) is 0 Å². The zero-order valence-electron chi connectivity index (χ0n) is 8.37. The number of nitrogens with one attached hydrogen (secondary N) is 1. The van der Waals surface area contributed by atoms with Gasteiger partial charge in [0.25, 0.3) is 0 Å². The average molecular weight is 177 g/mol. The van der Waals surface area contributed by atoms with Gasteiger partial charge in [-0.3, -0.25) is 0 Å². The summed E-state index contributed by atoms with van der Waals surface area (Å²) in [6, 6.07) is 0.601. The van der Waals surface area contributed by atoms with Gasteiger partial charge < -0.3 is 5.32 Å². The Labute approximate surface area is 81.2 Å². The summed E-state index contributed by atoms with van der Waals surface area (Å²) in [5.41, 5.74) is 0. The molecule has 1 heteroatoms. The molecule has 0 aromatic carbocycles. The van der Waals surface area contributed by atoms with E-state index in [1.165, 1.54) is 25.8 Å². The van der Waals surface area contributed by atoms with E-state index in [0.29, 0.717) is 6.04 Å². The van der Waals surface area contributed by atoms with Crippen LogP contribution in [0, 0.1) is 0 Å². The molecule has 1 saturated heterocycles. The molecule has 1 atom stereocenters. The lowest BCUT2D eigenvalue weighted by Gasteiger charge is -2.19. The highest BCUT2D eigenvalue weighted by Gasteiger charge is 2.07. The zero-order chi connectivity index (χ0) is 9.36. The van der Waals surface area contributed by atoms with Gasteiger partial charge in [0.15, 0.2) is 0 Å². The average Bonchev–Trinajstić information content (AvgIpc) is 2.19. The second-order valence-electron chi connectivity index (χ2n) is 3.35. The van der Waals surface area contributed by atoms with Crippen LogP contribution < -0.4 is 5.32 Å². The van der Waals surface area contributed by atoms with Crippen LogP contribution in [0.15, 0.2) is 36.5 Å². The van der Waals surface area contributed by atoms with Gasteiger partial charge in [-0.15, -0.1) is 0 Å². The minimum Gasteiger partial charge on any atom is -0.311 e. The summed E-state index contributed by atoms with van der Waals surface area (Å²) in [4.78, 5) is 0. The van der Waals surface area contributed by atoms with Crippen molar-refractivity contribution < 1.29 is 0 Å². The first-order valence-corrected chi connectivity index (χ1v) is 5.13. The zero-order valence-corrected chi connectivity index (χ0v) is 8.37. The first kappa shape index (κ1) is 10.3. The Morgan fingerprint density at radius 1 is 1.08 bits per heavy atom. The van der Waals surface area contributed by atoms with E-state index in [1.807, 2.05) is 19.1 Å². The molecule has 0 radical (unpaired) electrons. The van der Waals surface area contributed by atoms with Crippen molar-refractivity contribution in [1.82, 2.24) is 5.32 Å². The maximum Gasteiger partial charge on any atom is 0.0253 e. The molecule has 0 aromatic heterocycles. The summed E-state index contributed by atoms with van der Waals surface area (Å²) < 4.78 is 0. The highest BCUT2D eigenvalue weighted by atomic mass is 14.9. The topological polar surface area (TPSA) is 12.0 Å². The molecule has 1 N–H and O–H groups in total. The van der Waals surface area contributed by atoms with E-state index in [0.717, 1.165) is 0 Å². The van der Waals surface area contributed by atoms with E-state index in [1.54, 1.807) is 0 Å². The fourth-order valence-corrected chi connectivity index (χ4v) is 1.48. The lowest BCUT2D eigenvalue weighted by Crippen LogP contribution is -2.31. The molecule has 0 aliphatic carbocycles. The Balaban J connectivity index is 2.21. The van der Waals surface area contributed by atoms with Crippen molar-refractivity contribution in [1.29, 1.82) is 0 Å². The monoisotopic (exact) mass is 177 g/mol.